The Kier molecular flexibility index (Phi) is 2.96. The second-order valence-electron chi connectivity index (χ2n) is 4.02. The minimum Gasteiger partial charge on any atom is -0.379 e. The Balaban J connectivity index is 1.72. The summed E-state index contributed by atoms with van der Waals surface area (Å²) in [7, 11) is 0. The molecule has 1 unspecified atom stereocenters. The van der Waals surface area contributed by atoms with Crippen LogP contribution in [0.2, 0.25) is 0 Å². The molecule has 0 aromatic rings. The molecule has 1 aliphatic heterocycles. The number of rotatable bonds is 3. The molecule has 1 N–H and O–H groups in total. The normalized spacial score (nSPS) is 29.7. The first-order chi connectivity index (χ1) is 6.36. The molecular weight excluding hydrogens is 166 g/mol. The third-order valence-corrected chi connectivity index (χ3v) is 3.01. The summed E-state index contributed by atoms with van der Waals surface area (Å²) < 4.78 is 5.30. The molecule has 3 nitrogen and oxygen atoms in total. The van der Waals surface area contributed by atoms with Gasteiger partial charge in [-0.15, -0.1) is 0 Å². The van der Waals surface area contributed by atoms with E-state index in [-0.39, 0.29) is 6.04 Å². The predicted molar refractivity (Wildman–Crippen MR) is 49.6 cm³/mol. The van der Waals surface area contributed by atoms with E-state index < -0.39 is 0 Å². The number of hydrogen-bond donors (Lipinski definition) is 1. The van der Waals surface area contributed by atoms with Crippen molar-refractivity contribution in [3.63, 3.8) is 0 Å². The Bertz CT molecular complexity index is 183. The van der Waals surface area contributed by atoms with Crippen LogP contribution in [0.15, 0.2) is 0 Å². The lowest BCUT2D eigenvalue weighted by atomic mass is 9.80. The summed E-state index contributed by atoms with van der Waals surface area (Å²) in [5.41, 5.74) is 0. The molecule has 1 saturated heterocycles. The first kappa shape index (κ1) is 9.16. The van der Waals surface area contributed by atoms with Crippen LogP contribution in [0.4, 0.5) is 0 Å². The number of carbonyl (C=O) groups excluding carboxylic acids is 1. The predicted octanol–water partition coefficient (Wildman–Crippen LogP) is 0.734. The molecule has 0 spiro atoms. The zero-order valence-corrected chi connectivity index (χ0v) is 7.92. The second kappa shape index (κ2) is 4.20. The van der Waals surface area contributed by atoms with E-state index in [1.807, 2.05) is 0 Å². The van der Waals surface area contributed by atoms with Crippen LogP contribution < -0.4 is 5.32 Å². The van der Waals surface area contributed by atoms with Gasteiger partial charge in [-0.25, -0.2) is 0 Å². The Hall–Kier alpha value is -0.410. The molecule has 2 rings (SSSR count). The Morgan fingerprint density at radius 2 is 2.31 bits per heavy atom. The van der Waals surface area contributed by atoms with Crippen molar-refractivity contribution in [2.45, 2.75) is 31.7 Å². The molecule has 13 heavy (non-hydrogen) atoms. The van der Waals surface area contributed by atoms with Gasteiger partial charge in [-0.05, 0) is 12.8 Å². The van der Waals surface area contributed by atoms with Gasteiger partial charge in [0.25, 0.3) is 0 Å². The number of morpholine rings is 1. The lowest BCUT2D eigenvalue weighted by Crippen LogP contribution is -2.43. The van der Waals surface area contributed by atoms with Gasteiger partial charge in [0.05, 0.1) is 13.2 Å². The maximum absolute atomic E-state index is 11.6. The van der Waals surface area contributed by atoms with Crippen LogP contribution in [0.25, 0.3) is 0 Å². The SMILES string of the molecule is O=C(CC1COCCN1)C1CCC1. The maximum Gasteiger partial charge on any atom is 0.137 e. The summed E-state index contributed by atoms with van der Waals surface area (Å²) >= 11 is 0. The van der Waals surface area contributed by atoms with Gasteiger partial charge in [0, 0.05) is 24.9 Å². The van der Waals surface area contributed by atoms with Crippen molar-refractivity contribution < 1.29 is 9.53 Å². The number of carbonyl (C=O) groups is 1. The van der Waals surface area contributed by atoms with E-state index in [2.05, 4.69) is 5.32 Å². The first-order valence-corrected chi connectivity index (χ1v) is 5.20. The van der Waals surface area contributed by atoms with Crippen LogP contribution in [-0.2, 0) is 9.53 Å². The molecule has 0 aromatic heterocycles. The smallest absolute Gasteiger partial charge is 0.137 e. The summed E-state index contributed by atoms with van der Waals surface area (Å²) in [6, 6.07) is 0.279. The summed E-state index contributed by atoms with van der Waals surface area (Å²) in [6.07, 6.45) is 4.15. The van der Waals surface area contributed by atoms with Crippen molar-refractivity contribution in [1.82, 2.24) is 5.32 Å². The maximum atomic E-state index is 11.6. The first-order valence-electron chi connectivity index (χ1n) is 5.20. The Morgan fingerprint density at radius 1 is 1.46 bits per heavy atom. The lowest BCUT2D eigenvalue weighted by Gasteiger charge is -2.28. The van der Waals surface area contributed by atoms with Crippen molar-refractivity contribution in [3.05, 3.63) is 0 Å². The molecule has 0 amide bonds. The number of ketones is 1. The van der Waals surface area contributed by atoms with Crippen LogP contribution in [0.5, 0.6) is 0 Å². The molecule has 1 atom stereocenters. The van der Waals surface area contributed by atoms with E-state index in [0.717, 1.165) is 26.0 Å². The van der Waals surface area contributed by atoms with Crippen molar-refractivity contribution in [3.8, 4) is 0 Å². The van der Waals surface area contributed by atoms with Crippen molar-refractivity contribution >= 4 is 5.78 Å². The highest BCUT2D eigenvalue weighted by atomic mass is 16.5. The molecule has 0 radical (unpaired) electrons. The quantitative estimate of drug-likeness (QED) is 0.701. The van der Waals surface area contributed by atoms with E-state index in [9.17, 15) is 4.79 Å². The van der Waals surface area contributed by atoms with Gasteiger partial charge in [0.2, 0.25) is 0 Å². The highest BCUT2D eigenvalue weighted by molar-refractivity contribution is 5.82. The van der Waals surface area contributed by atoms with Crippen molar-refractivity contribution in [2.24, 2.45) is 5.92 Å². The number of hydrogen-bond acceptors (Lipinski definition) is 3. The largest absolute Gasteiger partial charge is 0.379 e. The minimum absolute atomic E-state index is 0.279. The Labute approximate surface area is 78.8 Å². The molecule has 74 valence electrons. The van der Waals surface area contributed by atoms with Gasteiger partial charge < -0.3 is 10.1 Å². The molecule has 0 aromatic carbocycles. The summed E-state index contributed by atoms with van der Waals surface area (Å²) in [4.78, 5) is 11.6. The molecular formula is C10H17NO2. The minimum atomic E-state index is 0.279. The Morgan fingerprint density at radius 3 is 2.85 bits per heavy atom. The van der Waals surface area contributed by atoms with E-state index in [1.165, 1.54) is 6.42 Å². The van der Waals surface area contributed by atoms with Gasteiger partial charge >= 0.3 is 0 Å². The zero-order chi connectivity index (χ0) is 9.10. The second-order valence-corrected chi connectivity index (χ2v) is 4.02. The number of Topliss-reactive ketones (excluding diaryl/α,β-unsaturated/α-hetero) is 1. The van der Waals surface area contributed by atoms with Gasteiger partial charge in [-0.3, -0.25) is 4.79 Å². The fourth-order valence-corrected chi connectivity index (χ4v) is 1.89. The van der Waals surface area contributed by atoms with Gasteiger partial charge in [-0.2, -0.15) is 0 Å². The zero-order valence-electron chi connectivity index (χ0n) is 7.92. The van der Waals surface area contributed by atoms with Crippen LogP contribution in [0.3, 0.4) is 0 Å². The van der Waals surface area contributed by atoms with Crippen molar-refractivity contribution in [2.75, 3.05) is 19.8 Å². The average Bonchev–Trinajstić information content (AvgIpc) is 2.02. The van der Waals surface area contributed by atoms with E-state index in [4.69, 9.17) is 4.74 Å². The molecule has 2 aliphatic rings. The third kappa shape index (κ3) is 2.29. The molecule has 2 fully saturated rings. The standard InChI is InChI=1S/C10H17NO2/c12-10(8-2-1-3-8)6-9-7-13-5-4-11-9/h8-9,11H,1-7H2. The highest BCUT2D eigenvalue weighted by Gasteiger charge is 2.27. The van der Waals surface area contributed by atoms with E-state index in [1.54, 1.807) is 0 Å². The topological polar surface area (TPSA) is 38.3 Å². The lowest BCUT2D eigenvalue weighted by molar-refractivity contribution is -0.126. The summed E-state index contributed by atoms with van der Waals surface area (Å²) in [5, 5.41) is 3.31. The summed E-state index contributed by atoms with van der Waals surface area (Å²) in [6.45, 7) is 2.38. The van der Waals surface area contributed by atoms with Crippen LogP contribution >= 0.6 is 0 Å². The number of ether oxygens (including phenoxy) is 1. The van der Waals surface area contributed by atoms with Crippen LogP contribution in [-0.4, -0.2) is 31.6 Å². The average molecular weight is 183 g/mol. The van der Waals surface area contributed by atoms with Crippen LogP contribution in [0.1, 0.15) is 25.7 Å². The van der Waals surface area contributed by atoms with E-state index in [0.29, 0.717) is 24.7 Å². The van der Waals surface area contributed by atoms with Gasteiger partial charge in [-0.1, -0.05) is 6.42 Å². The molecule has 0 bridgehead atoms. The molecule has 3 heteroatoms. The third-order valence-electron chi connectivity index (χ3n) is 3.01. The number of nitrogens with one attached hydrogen (secondary N) is 1. The fraction of sp³-hybridized carbons (Fsp3) is 0.900. The van der Waals surface area contributed by atoms with Crippen molar-refractivity contribution in [1.29, 1.82) is 0 Å². The molecule has 1 heterocycles. The molecule has 1 aliphatic carbocycles. The summed E-state index contributed by atoms with van der Waals surface area (Å²) in [5.74, 6) is 0.818. The molecule has 1 saturated carbocycles. The van der Waals surface area contributed by atoms with Gasteiger partial charge in [0.15, 0.2) is 0 Å². The highest BCUT2D eigenvalue weighted by Crippen LogP contribution is 2.28. The van der Waals surface area contributed by atoms with Gasteiger partial charge in [0.1, 0.15) is 5.78 Å². The van der Waals surface area contributed by atoms with E-state index >= 15 is 0 Å². The van der Waals surface area contributed by atoms with Crippen LogP contribution in [0, 0.1) is 5.92 Å². The fourth-order valence-electron chi connectivity index (χ4n) is 1.89. The monoisotopic (exact) mass is 183 g/mol.